The van der Waals surface area contributed by atoms with E-state index in [9.17, 15) is 10.5 Å². The third kappa shape index (κ3) is 5.06. The van der Waals surface area contributed by atoms with Crippen LogP contribution < -0.4 is 0 Å². The second-order valence-electron chi connectivity index (χ2n) is 17.9. The summed E-state index contributed by atoms with van der Waals surface area (Å²) in [6, 6.07) is 78.1. The first-order valence-electron chi connectivity index (χ1n) is 23.1. The monoisotopic (exact) mass is 894 g/mol. The van der Waals surface area contributed by atoms with E-state index in [1.54, 1.807) is 11.3 Å². The zero-order valence-corrected chi connectivity index (χ0v) is 37.5. The lowest BCUT2D eigenvalue weighted by molar-refractivity contribution is 1.11. The molecule has 0 aliphatic heterocycles. The van der Waals surface area contributed by atoms with Gasteiger partial charge in [0.1, 0.15) is 11.6 Å². The molecule has 69 heavy (non-hydrogen) atoms. The number of fused-ring (bicyclic) bond motifs is 17. The smallest absolute Gasteiger partial charge is 0.104 e. The van der Waals surface area contributed by atoms with E-state index in [1.807, 2.05) is 12.1 Å². The molecule has 15 rings (SSSR count). The maximum absolute atomic E-state index is 11.7. The normalized spacial score (nSPS) is 12.0. The van der Waals surface area contributed by atoms with Gasteiger partial charge in [-0.15, -0.1) is 11.3 Å². The van der Waals surface area contributed by atoms with Crippen LogP contribution in [0.15, 0.2) is 206 Å². The number of rotatable bonds is 4. The molecule has 0 N–H and O–H groups in total. The van der Waals surface area contributed by atoms with E-state index in [2.05, 4.69) is 225 Å². The molecular weight excluding hydrogens is 861 g/mol. The van der Waals surface area contributed by atoms with Gasteiger partial charge in [-0.05, 0) is 78.9 Å². The molecule has 15 aromatic rings. The molecule has 0 radical (unpaired) electrons. The molecule has 0 bridgehead atoms. The number of nitriles is 2. The SMILES string of the molecule is N#Cc1cc(-n2c3ccc(-n4c5ccccc5c5ccccc54)cc3c3c2ccc2c4ccccc4n(-c4ccccc4)c23)c(C#N)c(-n2c3ccccc3c3ccc4c5ccccc5sc4c32)c1. The molecule has 7 heteroatoms. The van der Waals surface area contributed by atoms with Crippen molar-refractivity contribution in [2.75, 3.05) is 0 Å². The van der Waals surface area contributed by atoms with Crippen molar-refractivity contribution < 1.29 is 0 Å². The largest absolute Gasteiger partial charge is 0.309 e. The van der Waals surface area contributed by atoms with Crippen LogP contribution in [0.2, 0.25) is 0 Å². The van der Waals surface area contributed by atoms with E-state index in [0.29, 0.717) is 22.5 Å². The fraction of sp³-hybridized carbons (Fsp3) is 0. The van der Waals surface area contributed by atoms with E-state index in [0.717, 1.165) is 92.5 Å². The van der Waals surface area contributed by atoms with Crippen LogP contribution in [-0.2, 0) is 0 Å². The first kappa shape index (κ1) is 37.8. The second kappa shape index (κ2) is 14.1. The lowest BCUT2D eigenvalue weighted by Gasteiger charge is -2.17. The molecule has 6 nitrogen and oxygen atoms in total. The molecule has 0 amide bonds. The van der Waals surface area contributed by atoms with Gasteiger partial charge in [0.15, 0.2) is 0 Å². The first-order valence-corrected chi connectivity index (χ1v) is 23.9. The van der Waals surface area contributed by atoms with Crippen molar-refractivity contribution in [3.8, 4) is 34.9 Å². The molecule has 0 atom stereocenters. The molecule has 0 unspecified atom stereocenters. The molecule has 5 heterocycles. The summed E-state index contributed by atoms with van der Waals surface area (Å²) in [4.78, 5) is 0. The Morgan fingerprint density at radius 3 is 1.51 bits per heavy atom. The van der Waals surface area contributed by atoms with Crippen LogP contribution in [0.3, 0.4) is 0 Å². The van der Waals surface area contributed by atoms with E-state index in [1.165, 1.54) is 26.2 Å². The highest BCUT2D eigenvalue weighted by Crippen LogP contribution is 2.47. The number of benzene rings is 10. The van der Waals surface area contributed by atoms with Crippen molar-refractivity contribution in [1.82, 2.24) is 18.3 Å². The van der Waals surface area contributed by atoms with Gasteiger partial charge in [-0.3, -0.25) is 0 Å². The lowest BCUT2D eigenvalue weighted by atomic mass is 10.1. The second-order valence-corrected chi connectivity index (χ2v) is 18.9. The van der Waals surface area contributed by atoms with Gasteiger partial charge in [-0.1, -0.05) is 127 Å². The fourth-order valence-corrected chi connectivity index (χ4v) is 12.9. The zero-order valence-electron chi connectivity index (χ0n) is 36.7. The van der Waals surface area contributed by atoms with Crippen molar-refractivity contribution >= 4 is 119 Å². The molecule has 0 fully saturated rings. The molecule has 5 aromatic heterocycles. The number of hydrogen-bond donors (Lipinski definition) is 0. The highest BCUT2D eigenvalue weighted by atomic mass is 32.1. The van der Waals surface area contributed by atoms with E-state index >= 15 is 0 Å². The van der Waals surface area contributed by atoms with Crippen molar-refractivity contribution in [2.45, 2.75) is 0 Å². The number of nitrogens with zero attached hydrogens (tertiary/aromatic N) is 6. The number of para-hydroxylation sites is 5. The van der Waals surface area contributed by atoms with Crippen LogP contribution in [0.4, 0.5) is 0 Å². The van der Waals surface area contributed by atoms with Crippen LogP contribution >= 0.6 is 11.3 Å². The molecule has 318 valence electrons. The minimum absolute atomic E-state index is 0.463. The fourth-order valence-electron chi connectivity index (χ4n) is 11.6. The molecule has 10 aromatic carbocycles. The van der Waals surface area contributed by atoms with Crippen LogP contribution in [0, 0.1) is 22.7 Å². The van der Waals surface area contributed by atoms with Gasteiger partial charge in [0.2, 0.25) is 0 Å². The van der Waals surface area contributed by atoms with Gasteiger partial charge in [-0.2, -0.15) is 10.5 Å². The van der Waals surface area contributed by atoms with Crippen LogP contribution in [0.1, 0.15) is 11.1 Å². The Balaban J connectivity index is 1.11. The Labute approximate surface area is 397 Å². The number of aromatic nitrogens is 4. The Morgan fingerprint density at radius 1 is 0.333 bits per heavy atom. The summed E-state index contributed by atoms with van der Waals surface area (Å²) < 4.78 is 11.6. The summed E-state index contributed by atoms with van der Waals surface area (Å²) in [7, 11) is 0. The highest BCUT2D eigenvalue weighted by Gasteiger charge is 2.27. The zero-order chi connectivity index (χ0) is 45.5. The van der Waals surface area contributed by atoms with Gasteiger partial charge in [-0.25, -0.2) is 0 Å². The lowest BCUT2D eigenvalue weighted by Crippen LogP contribution is -2.05. The third-order valence-corrected chi connectivity index (χ3v) is 15.6. The van der Waals surface area contributed by atoms with Gasteiger partial charge in [0.05, 0.1) is 71.8 Å². The molecule has 0 aliphatic rings. The van der Waals surface area contributed by atoms with Gasteiger partial charge < -0.3 is 18.3 Å². The van der Waals surface area contributed by atoms with Crippen LogP contribution in [-0.4, -0.2) is 18.3 Å². The number of hydrogen-bond acceptors (Lipinski definition) is 3. The third-order valence-electron chi connectivity index (χ3n) is 14.4. The summed E-state index contributed by atoms with van der Waals surface area (Å²) in [5, 5.41) is 34.1. The summed E-state index contributed by atoms with van der Waals surface area (Å²) in [5.41, 5.74) is 12.6. The minimum atomic E-state index is 0.463. The van der Waals surface area contributed by atoms with Crippen molar-refractivity contribution in [2.24, 2.45) is 0 Å². The molecule has 0 saturated heterocycles. The summed E-state index contributed by atoms with van der Waals surface area (Å²) >= 11 is 1.77. The van der Waals surface area contributed by atoms with Gasteiger partial charge in [0.25, 0.3) is 0 Å². The maximum atomic E-state index is 11.7. The Hall–Kier alpha value is -9.40. The quantitative estimate of drug-likeness (QED) is 0.177. The van der Waals surface area contributed by atoms with Crippen molar-refractivity contribution in [3.05, 3.63) is 217 Å². The predicted molar refractivity (Wildman–Crippen MR) is 286 cm³/mol. The average molecular weight is 895 g/mol. The van der Waals surface area contributed by atoms with E-state index in [-0.39, 0.29) is 0 Å². The summed E-state index contributed by atoms with van der Waals surface area (Å²) in [6.45, 7) is 0. The maximum Gasteiger partial charge on any atom is 0.104 e. The Kier molecular flexibility index (Phi) is 7.70. The Morgan fingerprint density at radius 2 is 0.841 bits per heavy atom. The average Bonchev–Trinajstić information content (AvgIpc) is 4.21. The summed E-state index contributed by atoms with van der Waals surface area (Å²) in [6.07, 6.45) is 0. The van der Waals surface area contributed by atoms with Crippen LogP contribution in [0.25, 0.3) is 130 Å². The molecule has 0 spiro atoms. The molecular formula is C62H34N6S. The van der Waals surface area contributed by atoms with E-state index in [4.69, 9.17) is 0 Å². The summed E-state index contributed by atoms with van der Waals surface area (Å²) in [5.74, 6) is 0. The standard InChI is InChI=1S/C62H34N6S/c63-35-37-32-56(49(36-64)57(33-37)68-53-24-12-7-19-43(53)46-27-28-47-44-20-8-13-25-58(44)69-62(47)61(46)68)67-54-30-26-39(65-50-21-9-4-16-40(50)41-17-5-10-22-51(41)65)34-48(54)59-55(67)31-29-45-42-18-6-11-23-52(42)66(60(45)59)38-14-2-1-3-15-38/h1-34H. The highest BCUT2D eigenvalue weighted by molar-refractivity contribution is 7.26. The van der Waals surface area contributed by atoms with E-state index < -0.39 is 0 Å². The molecule has 0 aliphatic carbocycles. The van der Waals surface area contributed by atoms with Crippen molar-refractivity contribution in [3.63, 3.8) is 0 Å². The predicted octanol–water partition coefficient (Wildman–Crippen LogP) is 16.2. The van der Waals surface area contributed by atoms with Crippen LogP contribution in [0.5, 0.6) is 0 Å². The first-order chi connectivity index (χ1) is 34.2. The Bertz CT molecular complexity index is 4760. The number of thiophene rings is 1. The van der Waals surface area contributed by atoms with Gasteiger partial charge >= 0.3 is 0 Å². The molecule has 0 saturated carbocycles. The minimum Gasteiger partial charge on any atom is -0.309 e. The topological polar surface area (TPSA) is 67.3 Å². The van der Waals surface area contributed by atoms with Gasteiger partial charge in [0, 0.05) is 69.9 Å². The van der Waals surface area contributed by atoms with Crippen molar-refractivity contribution in [1.29, 1.82) is 10.5 Å².